The van der Waals surface area contributed by atoms with Crippen LogP contribution in [-0.2, 0) is 5.54 Å². The average Bonchev–Trinajstić information content (AvgIpc) is 2.62. The maximum Gasteiger partial charge on any atom is 0.412 e. The molecule has 0 aliphatic carbocycles. The Kier molecular flexibility index (Phi) is 5.86. The molecule has 0 saturated carbocycles. The molecule has 0 radical (unpaired) electrons. The molecule has 0 bridgehead atoms. The lowest BCUT2D eigenvalue weighted by Crippen LogP contribution is -2.71. The van der Waals surface area contributed by atoms with Gasteiger partial charge in [0.05, 0.1) is 16.1 Å². The molecule has 1 heterocycles. The molecule has 2 aromatic rings. The van der Waals surface area contributed by atoms with Gasteiger partial charge >= 0.3 is 12.4 Å². The maximum absolute atomic E-state index is 14.7. The molecule has 29 heavy (non-hydrogen) atoms. The van der Waals surface area contributed by atoms with Crippen LogP contribution in [0.3, 0.4) is 0 Å². The Morgan fingerprint density at radius 1 is 0.966 bits per heavy atom. The van der Waals surface area contributed by atoms with E-state index in [1.807, 2.05) is 5.32 Å². The smallest absolute Gasteiger partial charge is 0.295 e. The zero-order valence-electron chi connectivity index (χ0n) is 15.0. The standard InChI is InChI=1S/C19H16Cl2F6N2/c1-29-10-15(18(22,23)24)28-17(19(25,26)27,12-7-8-13(20)14(21)9-12)16(29)11-5-3-2-4-6-11/h2-9,15-16,28H,10H2,1H3. The average molecular weight is 457 g/mol. The highest BCUT2D eigenvalue weighted by atomic mass is 35.5. The summed E-state index contributed by atoms with van der Waals surface area (Å²) in [5.74, 6) is 0. The first kappa shape index (κ1) is 22.2. The van der Waals surface area contributed by atoms with Crippen molar-refractivity contribution in [1.29, 1.82) is 0 Å². The van der Waals surface area contributed by atoms with Crippen molar-refractivity contribution in [3.63, 3.8) is 0 Å². The lowest BCUT2D eigenvalue weighted by atomic mass is 9.75. The van der Waals surface area contributed by atoms with Crippen LogP contribution in [0.4, 0.5) is 26.3 Å². The van der Waals surface area contributed by atoms with E-state index >= 15 is 0 Å². The van der Waals surface area contributed by atoms with Crippen molar-refractivity contribution in [1.82, 2.24) is 10.2 Å². The topological polar surface area (TPSA) is 15.3 Å². The van der Waals surface area contributed by atoms with Crippen molar-refractivity contribution in [2.45, 2.75) is 30.0 Å². The summed E-state index contributed by atoms with van der Waals surface area (Å²) in [6.45, 7) is -0.651. The molecule has 3 unspecified atom stereocenters. The molecule has 1 fully saturated rings. The number of rotatable bonds is 2. The molecule has 10 heteroatoms. The maximum atomic E-state index is 14.7. The van der Waals surface area contributed by atoms with E-state index in [0.717, 1.165) is 23.1 Å². The van der Waals surface area contributed by atoms with Gasteiger partial charge in [0.15, 0.2) is 5.54 Å². The third-order valence-electron chi connectivity index (χ3n) is 5.06. The summed E-state index contributed by atoms with van der Waals surface area (Å²) < 4.78 is 84.6. The van der Waals surface area contributed by atoms with Gasteiger partial charge in [-0.25, -0.2) is 0 Å². The highest BCUT2D eigenvalue weighted by molar-refractivity contribution is 6.42. The number of hydrogen-bond donors (Lipinski definition) is 1. The van der Waals surface area contributed by atoms with Crippen molar-refractivity contribution >= 4 is 23.2 Å². The van der Waals surface area contributed by atoms with E-state index in [1.54, 1.807) is 6.07 Å². The summed E-state index contributed by atoms with van der Waals surface area (Å²) in [6.07, 6.45) is -9.98. The number of benzene rings is 2. The molecule has 2 aromatic carbocycles. The van der Waals surface area contributed by atoms with Gasteiger partial charge in [-0.2, -0.15) is 26.3 Å². The molecule has 1 N–H and O–H groups in total. The minimum Gasteiger partial charge on any atom is -0.295 e. The summed E-state index contributed by atoms with van der Waals surface area (Å²) in [5.41, 5.74) is -3.31. The Labute approximate surface area is 173 Å². The number of piperazine rings is 1. The van der Waals surface area contributed by atoms with E-state index < -0.39 is 42.1 Å². The molecule has 1 aliphatic rings. The summed E-state index contributed by atoms with van der Waals surface area (Å²) in [4.78, 5) is 1.07. The highest BCUT2D eigenvalue weighted by Gasteiger charge is 2.67. The number of hydrogen-bond acceptors (Lipinski definition) is 2. The molecule has 158 valence electrons. The molecule has 1 saturated heterocycles. The Balaban J connectivity index is 2.31. The van der Waals surface area contributed by atoms with Crippen LogP contribution in [-0.4, -0.2) is 36.9 Å². The van der Waals surface area contributed by atoms with E-state index in [4.69, 9.17) is 23.2 Å². The second-order valence-corrected chi connectivity index (χ2v) is 7.74. The summed E-state index contributed by atoms with van der Waals surface area (Å²) in [6, 6.07) is 6.89. The fourth-order valence-electron chi connectivity index (χ4n) is 3.83. The van der Waals surface area contributed by atoms with Crippen LogP contribution in [0.25, 0.3) is 0 Å². The Morgan fingerprint density at radius 2 is 1.59 bits per heavy atom. The van der Waals surface area contributed by atoms with Crippen LogP contribution in [0, 0.1) is 0 Å². The molecule has 2 nitrogen and oxygen atoms in total. The monoisotopic (exact) mass is 456 g/mol. The van der Waals surface area contributed by atoms with Gasteiger partial charge in [-0.3, -0.25) is 10.2 Å². The number of alkyl halides is 6. The Bertz CT molecular complexity index is 871. The van der Waals surface area contributed by atoms with Crippen LogP contribution in [0.1, 0.15) is 17.2 Å². The molecular formula is C19H16Cl2F6N2. The number of halogens is 8. The number of likely N-dealkylation sites (N-methyl/N-ethyl adjacent to an activating group) is 1. The predicted octanol–water partition coefficient (Wildman–Crippen LogP) is 5.96. The van der Waals surface area contributed by atoms with E-state index in [-0.39, 0.29) is 15.6 Å². The third-order valence-corrected chi connectivity index (χ3v) is 5.79. The van der Waals surface area contributed by atoms with Gasteiger partial charge in [-0.1, -0.05) is 59.6 Å². The summed E-state index contributed by atoms with van der Waals surface area (Å²) in [7, 11) is 1.25. The van der Waals surface area contributed by atoms with Crippen molar-refractivity contribution in [2.75, 3.05) is 13.6 Å². The zero-order valence-corrected chi connectivity index (χ0v) is 16.5. The normalized spacial score (nSPS) is 26.5. The SMILES string of the molecule is CN1CC(C(F)(F)F)NC(c2ccc(Cl)c(Cl)c2)(C(F)(F)F)C1c1ccccc1. The number of nitrogens with one attached hydrogen (secondary N) is 1. The van der Waals surface area contributed by atoms with Crippen LogP contribution in [0.15, 0.2) is 48.5 Å². The molecule has 3 atom stereocenters. The third kappa shape index (κ3) is 3.95. The van der Waals surface area contributed by atoms with E-state index in [9.17, 15) is 26.3 Å². The van der Waals surface area contributed by atoms with Gasteiger partial charge < -0.3 is 0 Å². The molecule has 0 aromatic heterocycles. The zero-order chi connectivity index (χ0) is 21.6. The molecular weight excluding hydrogens is 441 g/mol. The molecule has 3 rings (SSSR count). The summed E-state index contributed by atoms with van der Waals surface area (Å²) in [5, 5.41) is 1.71. The van der Waals surface area contributed by atoms with Crippen molar-refractivity contribution in [2.24, 2.45) is 0 Å². The Hall–Kier alpha value is -1.48. The van der Waals surface area contributed by atoms with E-state index in [2.05, 4.69) is 0 Å². The second kappa shape index (κ2) is 7.65. The van der Waals surface area contributed by atoms with Crippen molar-refractivity contribution in [3.8, 4) is 0 Å². The lowest BCUT2D eigenvalue weighted by molar-refractivity contribution is -0.257. The first-order chi connectivity index (χ1) is 13.4. The van der Waals surface area contributed by atoms with Crippen molar-refractivity contribution in [3.05, 3.63) is 69.7 Å². The Morgan fingerprint density at radius 3 is 2.10 bits per heavy atom. The minimum atomic E-state index is -5.09. The van der Waals surface area contributed by atoms with E-state index in [1.165, 1.54) is 31.3 Å². The van der Waals surface area contributed by atoms with Gasteiger partial charge in [-0.05, 0) is 30.3 Å². The van der Waals surface area contributed by atoms with Crippen LogP contribution < -0.4 is 5.32 Å². The quantitative estimate of drug-likeness (QED) is 0.561. The van der Waals surface area contributed by atoms with Gasteiger partial charge in [-0.15, -0.1) is 0 Å². The lowest BCUT2D eigenvalue weighted by Gasteiger charge is -2.53. The molecule has 0 amide bonds. The number of nitrogens with zero attached hydrogens (tertiary/aromatic N) is 1. The fraction of sp³-hybridized carbons (Fsp3) is 0.368. The van der Waals surface area contributed by atoms with E-state index in [0.29, 0.717) is 0 Å². The first-order valence-corrected chi connectivity index (χ1v) is 9.25. The largest absolute Gasteiger partial charge is 0.412 e. The van der Waals surface area contributed by atoms with Gasteiger partial charge in [0.25, 0.3) is 0 Å². The molecule has 0 spiro atoms. The highest BCUT2D eigenvalue weighted by Crippen LogP contribution is 2.53. The first-order valence-electron chi connectivity index (χ1n) is 8.50. The van der Waals surface area contributed by atoms with Crippen LogP contribution in [0.5, 0.6) is 0 Å². The van der Waals surface area contributed by atoms with Crippen LogP contribution >= 0.6 is 23.2 Å². The van der Waals surface area contributed by atoms with Gasteiger partial charge in [0.2, 0.25) is 0 Å². The fourth-order valence-corrected chi connectivity index (χ4v) is 4.13. The van der Waals surface area contributed by atoms with Crippen LogP contribution in [0.2, 0.25) is 10.0 Å². The van der Waals surface area contributed by atoms with Crippen molar-refractivity contribution < 1.29 is 26.3 Å². The summed E-state index contributed by atoms with van der Waals surface area (Å²) >= 11 is 11.8. The second-order valence-electron chi connectivity index (χ2n) is 6.93. The molecule has 1 aliphatic heterocycles. The van der Waals surface area contributed by atoms with Gasteiger partial charge in [0.1, 0.15) is 6.04 Å². The minimum absolute atomic E-state index is 0.000498. The predicted molar refractivity (Wildman–Crippen MR) is 99.0 cm³/mol. The van der Waals surface area contributed by atoms with Gasteiger partial charge in [0, 0.05) is 6.54 Å².